The maximum atomic E-state index is 8.72. The van der Waals surface area contributed by atoms with Crippen LogP contribution in [0.25, 0.3) is 0 Å². The van der Waals surface area contributed by atoms with Gasteiger partial charge in [0.15, 0.2) is 0 Å². The number of rotatable bonds is 3. The van der Waals surface area contributed by atoms with Crippen molar-refractivity contribution in [3.05, 3.63) is 0 Å². The number of piperidine rings is 1. The number of nitrogens with zero attached hydrogens (tertiary/aromatic N) is 2. The van der Waals surface area contributed by atoms with Crippen molar-refractivity contribution >= 4 is 0 Å². The predicted molar refractivity (Wildman–Crippen MR) is 58.9 cm³/mol. The Morgan fingerprint density at radius 3 is 2.64 bits per heavy atom. The highest BCUT2D eigenvalue weighted by molar-refractivity contribution is 4.87. The van der Waals surface area contributed by atoms with Crippen molar-refractivity contribution in [1.29, 1.82) is 5.26 Å². The Balaban J connectivity index is 2.58. The van der Waals surface area contributed by atoms with Crippen LogP contribution in [0.1, 0.15) is 46.5 Å². The molecule has 1 saturated heterocycles. The molecule has 2 nitrogen and oxygen atoms in total. The van der Waals surface area contributed by atoms with Crippen LogP contribution in [0.4, 0.5) is 0 Å². The van der Waals surface area contributed by atoms with Crippen molar-refractivity contribution < 1.29 is 0 Å². The quantitative estimate of drug-likeness (QED) is 0.690. The van der Waals surface area contributed by atoms with E-state index in [0.717, 1.165) is 5.92 Å². The maximum absolute atomic E-state index is 8.72. The van der Waals surface area contributed by atoms with Crippen LogP contribution in [0.5, 0.6) is 0 Å². The first kappa shape index (κ1) is 11.5. The zero-order valence-electron chi connectivity index (χ0n) is 9.66. The summed E-state index contributed by atoms with van der Waals surface area (Å²) >= 11 is 0. The third-order valence-electron chi connectivity index (χ3n) is 3.31. The second-order valence-corrected chi connectivity index (χ2v) is 4.76. The summed E-state index contributed by atoms with van der Waals surface area (Å²) in [4.78, 5) is 2.54. The van der Waals surface area contributed by atoms with Crippen LogP contribution in [0.3, 0.4) is 0 Å². The van der Waals surface area contributed by atoms with E-state index in [1.165, 1.54) is 25.8 Å². The molecule has 0 aromatic carbocycles. The van der Waals surface area contributed by atoms with Crippen LogP contribution in [0.2, 0.25) is 0 Å². The minimum atomic E-state index is 0.438. The molecule has 0 bridgehead atoms. The number of nitriles is 1. The van der Waals surface area contributed by atoms with Gasteiger partial charge in [-0.25, -0.2) is 0 Å². The summed E-state index contributed by atoms with van der Waals surface area (Å²) in [6.07, 6.45) is 4.65. The molecule has 14 heavy (non-hydrogen) atoms. The van der Waals surface area contributed by atoms with Crippen molar-refractivity contribution in [2.75, 3.05) is 6.54 Å². The van der Waals surface area contributed by atoms with Crippen molar-refractivity contribution in [1.82, 2.24) is 4.90 Å². The molecule has 2 unspecified atom stereocenters. The Kier molecular flexibility index (Phi) is 4.41. The van der Waals surface area contributed by atoms with E-state index in [9.17, 15) is 0 Å². The first-order valence-electron chi connectivity index (χ1n) is 5.79. The topological polar surface area (TPSA) is 27.0 Å². The van der Waals surface area contributed by atoms with E-state index in [1.54, 1.807) is 0 Å². The van der Waals surface area contributed by atoms with Gasteiger partial charge in [0.25, 0.3) is 0 Å². The van der Waals surface area contributed by atoms with Gasteiger partial charge < -0.3 is 0 Å². The van der Waals surface area contributed by atoms with Gasteiger partial charge in [-0.15, -0.1) is 0 Å². The summed E-state index contributed by atoms with van der Waals surface area (Å²) < 4.78 is 0. The van der Waals surface area contributed by atoms with E-state index in [1.807, 2.05) is 0 Å². The van der Waals surface area contributed by atoms with Crippen LogP contribution in [0.15, 0.2) is 0 Å². The van der Waals surface area contributed by atoms with E-state index < -0.39 is 0 Å². The van der Waals surface area contributed by atoms with Crippen LogP contribution < -0.4 is 0 Å². The van der Waals surface area contributed by atoms with E-state index >= 15 is 0 Å². The molecular weight excluding hydrogens is 172 g/mol. The van der Waals surface area contributed by atoms with Crippen LogP contribution in [-0.4, -0.2) is 23.5 Å². The summed E-state index contributed by atoms with van der Waals surface area (Å²) in [7, 11) is 0. The molecule has 0 saturated carbocycles. The Bertz CT molecular complexity index is 205. The van der Waals surface area contributed by atoms with Gasteiger partial charge >= 0.3 is 0 Å². The predicted octanol–water partition coefficient (Wildman–Crippen LogP) is 2.80. The fourth-order valence-corrected chi connectivity index (χ4v) is 2.49. The molecule has 0 amide bonds. The lowest BCUT2D eigenvalue weighted by Gasteiger charge is -2.41. The molecule has 2 atom stereocenters. The normalized spacial score (nSPS) is 26.1. The van der Waals surface area contributed by atoms with Gasteiger partial charge in [0.2, 0.25) is 0 Å². The summed E-state index contributed by atoms with van der Waals surface area (Å²) in [6, 6.07) is 3.42. The summed E-state index contributed by atoms with van der Waals surface area (Å²) in [5.41, 5.74) is 0. The minimum absolute atomic E-state index is 0.438. The Labute approximate surface area is 87.9 Å². The highest BCUT2D eigenvalue weighted by atomic mass is 15.2. The molecule has 2 heteroatoms. The van der Waals surface area contributed by atoms with Gasteiger partial charge in [-0.1, -0.05) is 20.3 Å². The van der Waals surface area contributed by atoms with Gasteiger partial charge in [-0.05, 0) is 32.2 Å². The van der Waals surface area contributed by atoms with E-state index in [2.05, 4.69) is 31.7 Å². The van der Waals surface area contributed by atoms with Crippen molar-refractivity contribution in [3.8, 4) is 6.07 Å². The lowest BCUT2D eigenvalue weighted by Crippen LogP contribution is -2.47. The van der Waals surface area contributed by atoms with Gasteiger partial charge in [0.1, 0.15) is 0 Å². The highest BCUT2D eigenvalue weighted by Crippen LogP contribution is 2.25. The van der Waals surface area contributed by atoms with Crippen LogP contribution in [-0.2, 0) is 0 Å². The molecule has 0 radical (unpaired) electrons. The van der Waals surface area contributed by atoms with Crippen molar-refractivity contribution in [2.45, 2.75) is 58.5 Å². The number of hydrogen-bond donors (Lipinski definition) is 0. The Morgan fingerprint density at radius 1 is 1.36 bits per heavy atom. The number of hydrogen-bond acceptors (Lipinski definition) is 2. The number of likely N-dealkylation sites (tertiary alicyclic amines) is 1. The molecule has 1 rings (SSSR count). The first-order chi connectivity index (χ1) is 6.66. The lowest BCUT2D eigenvalue weighted by molar-refractivity contribution is 0.0750. The van der Waals surface area contributed by atoms with Crippen LogP contribution in [0, 0.1) is 17.2 Å². The fourth-order valence-electron chi connectivity index (χ4n) is 2.49. The molecule has 1 aliphatic rings. The summed E-state index contributed by atoms with van der Waals surface area (Å²) in [5.74, 6) is 0.719. The molecule has 1 fully saturated rings. The third kappa shape index (κ3) is 2.72. The van der Waals surface area contributed by atoms with E-state index in [-0.39, 0.29) is 0 Å². The Hall–Kier alpha value is -0.550. The van der Waals surface area contributed by atoms with Gasteiger partial charge in [-0.2, -0.15) is 5.26 Å². The second-order valence-electron chi connectivity index (χ2n) is 4.76. The fraction of sp³-hybridized carbons (Fsp3) is 0.917. The molecule has 0 aromatic heterocycles. The molecule has 80 valence electrons. The SMILES string of the molecule is CC(C)C1CCCCN1C(C)CC#N. The van der Waals surface area contributed by atoms with E-state index in [4.69, 9.17) is 5.26 Å². The van der Waals surface area contributed by atoms with Crippen molar-refractivity contribution in [2.24, 2.45) is 5.92 Å². The average molecular weight is 194 g/mol. The highest BCUT2D eigenvalue weighted by Gasteiger charge is 2.28. The molecule has 0 aliphatic carbocycles. The zero-order valence-corrected chi connectivity index (χ0v) is 9.66. The second kappa shape index (κ2) is 5.36. The smallest absolute Gasteiger partial charge is 0.0638 e. The van der Waals surface area contributed by atoms with Crippen molar-refractivity contribution in [3.63, 3.8) is 0 Å². The molecule has 0 N–H and O–H groups in total. The van der Waals surface area contributed by atoms with Crippen LogP contribution >= 0.6 is 0 Å². The molecule has 1 aliphatic heterocycles. The van der Waals surface area contributed by atoms with Gasteiger partial charge in [0, 0.05) is 12.1 Å². The summed E-state index contributed by atoms with van der Waals surface area (Å²) in [6.45, 7) is 7.96. The van der Waals surface area contributed by atoms with E-state index in [0.29, 0.717) is 18.5 Å². The largest absolute Gasteiger partial charge is 0.296 e. The molecule has 0 aromatic rings. The molecular formula is C12H22N2. The summed E-state index contributed by atoms with van der Waals surface area (Å²) in [5, 5.41) is 8.72. The maximum Gasteiger partial charge on any atom is 0.0638 e. The van der Waals surface area contributed by atoms with Gasteiger partial charge in [0.05, 0.1) is 12.5 Å². The lowest BCUT2D eigenvalue weighted by atomic mass is 9.91. The molecule has 1 heterocycles. The average Bonchev–Trinajstić information content (AvgIpc) is 2.18. The zero-order chi connectivity index (χ0) is 10.6. The monoisotopic (exact) mass is 194 g/mol. The molecule has 0 spiro atoms. The Morgan fingerprint density at radius 2 is 2.07 bits per heavy atom. The first-order valence-corrected chi connectivity index (χ1v) is 5.79. The third-order valence-corrected chi connectivity index (χ3v) is 3.31. The minimum Gasteiger partial charge on any atom is -0.296 e. The standard InChI is InChI=1S/C12H22N2/c1-10(2)12-6-4-5-9-14(12)11(3)7-8-13/h10-12H,4-7,9H2,1-3H3. The van der Waals surface area contributed by atoms with Gasteiger partial charge in [-0.3, -0.25) is 4.90 Å².